The molecule has 0 aliphatic carbocycles. The molecule has 2 rings (SSSR count). The van der Waals surface area contributed by atoms with Gasteiger partial charge in [-0.2, -0.15) is 5.10 Å². The van der Waals surface area contributed by atoms with Gasteiger partial charge in [-0.25, -0.2) is 4.68 Å². The SMILES string of the molecule is CC(C(=O)O)c1cnn(-c2ccc(Br)cc2)c1. The van der Waals surface area contributed by atoms with E-state index >= 15 is 0 Å². The van der Waals surface area contributed by atoms with E-state index in [0.29, 0.717) is 5.56 Å². The van der Waals surface area contributed by atoms with Gasteiger partial charge in [0, 0.05) is 16.2 Å². The zero-order chi connectivity index (χ0) is 12.4. The monoisotopic (exact) mass is 294 g/mol. The van der Waals surface area contributed by atoms with Crippen molar-refractivity contribution in [2.45, 2.75) is 12.8 Å². The molecular weight excluding hydrogens is 284 g/mol. The van der Waals surface area contributed by atoms with Gasteiger partial charge >= 0.3 is 5.97 Å². The van der Waals surface area contributed by atoms with Crippen molar-refractivity contribution in [2.24, 2.45) is 0 Å². The molecule has 0 fully saturated rings. The van der Waals surface area contributed by atoms with E-state index in [2.05, 4.69) is 21.0 Å². The summed E-state index contributed by atoms with van der Waals surface area (Å²) in [5.74, 6) is -1.39. The molecule has 1 unspecified atom stereocenters. The minimum absolute atomic E-state index is 0.542. The summed E-state index contributed by atoms with van der Waals surface area (Å²) in [6.45, 7) is 1.64. The van der Waals surface area contributed by atoms with E-state index in [1.807, 2.05) is 24.3 Å². The van der Waals surface area contributed by atoms with Gasteiger partial charge in [-0.15, -0.1) is 0 Å². The fourth-order valence-corrected chi connectivity index (χ4v) is 1.70. The third kappa shape index (κ3) is 2.55. The first-order valence-corrected chi connectivity index (χ1v) is 5.90. The van der Waals surface area contributed by atoms with Crippen LogP contribution in [0.25, 0.3) is 5.69 Å². The number of halogens is 1. The lowest BCUT2D eigenvalue weighted by atomic mass is 10.1. The molecule has 0 aliphatic heterocycles. The number of carbonyl (C=O) groups is 1. The normalized spacial score (nSPS) is 12.4. The summed E-state index contributed by atoms with van der Waals surface area (Å²) in [6, 6.07) is 7.65. The molecule has 1 aromatic heterocycles. The number of rotatable bonds is 3. The van der Waals surface area contributed by atoms with Crippen LogP contribution in [0.1, 0.15) is 18.4 Å². The van der Waals surface area contributed by atoms with Gasteiger partial charge in [0.2, 0.25) is 0 Å². The minimum atomic E-state index is -0.847. The second kappa shape index (κ2) is 4.71. The van der Waals surface area contributed by atoms with Crippen LogP contribution < -0.4 is 0 Å². The van der Waals surface area contributed by atoms with Crippen molar-refractivity contribution in [3.8, 4) is 5.69 Å². The van der Waals surface area contributed by atoms with E-state index in [4.69, 9.17) is 5.11 Å². The predicted octanol–water partition coefficient (Wildman–Crippen LogP) is 2.82. The zero-order valence-electron chi connectivity index (χ0n) is 9.17. The van der Waals surface area contributed by atoms with Crippen molar-refractivity contribution in [1.82, 2.24) is 9.78 Å². The zero-order valence-corrected chi connectivity index (χ0v) is 10.8. The molecule has 0 spiro atoms. The Morgan fingerprint density at radius 2 is 2.06 bits per heavy atom. The van der Waals surface area contributed by atoms with E-state index < -0.39 is 11.9 Å². The molecule has 0 saturated carbocycles. The second-order valence-corrected chi connectivity index (χ2v) is 4.67. The van der Waals surface area contributed by atoms with Gasteiger partial charge in [-0.05, 0) is 31.2 Å². The Balaban J connectivity index is 2.29. The van der Waals surface area contributed by atoms with Crippen LogP contribution in [0.5, 0.6) is 0 Å². The molecule has 0 radical (unpaired) electrons. The Kier molecular flexibility index (Phi) is 3.28. The molecule has 5 heteroatoms. The number of carboxylic acids is 1. The molecule has 4 nitrogen and oxygen atoms in total. The van der Waals surface area contributed by atoms with Crippen LogP contribution in [0.3, 0.4) is 0 Å². The molecule has 0 aliphatic rings. The summed E-state index contributed by atoms with van der Waals surface area (Å²) in [7, 11) is 0. The first-order valence-electron chi connectivity index (χ1n) is 5.11. The molecule has 0 bridgehead atoms. The number of carboxylic acid groups (broad SMARTS) is 1. The number of aromatic nitrogens is 2. The standard InChI is InChI=1S/C12H11BrN2O2/c1-8(12(16)17)9-6-14-15(7-9)11-4-2-10(13)3-5-11/h2-8H,1H3,(H,16,17). The molecule has 17 heavy (non-hydrogen) atoms. The lowest BCUT2D eigenvalue weighted by Crippen LogP contribution is -2.06. The van der Waals surface area contributed by atoms with Crippen LogP contribution in [0.4, 0.5) is 0 Å². The van der Waals surface area contributed by atoms with Crippen molar-refractivity contribution in [3.05, 3.63) is 46.7 Å². The topological polar surface area (TPSA) is 55.1 Å². The van der Waals surface area contributed by atoms with Gasteiger partial charge in [0.15, 0.2) is 0 Å². The van der Waals surface area contributed by atoms with E-state index in [0.717, 1.165) is 10.2 Å². The van der Waals surface area contributed by atoms with Gasteiger partial charge in [0.05, 0.1) is 17.8 Å². The first-order chi connectivity index (χ1) is 8.08. The smallest absolute Gasteiger partial charge is 0.310 e. The highest BCUT2D eigenvalue weighted by molar-refractivity contribution is 9.10. The molecule has 1 N–H and O–H groups in total. The van der Waals surface area contributed by atoms with Gasteiger partial charge in [-0.3, -0.25) is 4.79 Å². The molecule has 88 valence electrons. The van der Waals surface area contributed by atoms with E-state index in [9.17, 15) is 4.79 Å². The fraction of sp³-hybridized carbons (Fsp3) is 0.167. The minimum Gasteiger partial charge on any atom is -0.481 e. The Morgan fingerprint density at radius 3 is 2.65 bits per heavy atom. The molecular formula is C12H11BrN2O2. The highest BCUT2D eigenvalue weighted by Gasteiger charge is 2.15. The van der Waals surface area contributed by atoms with Crippen LogP contribution in [-0.4, -0.2) is 20.9 Å². The number of hydrogen-bond acceptors (Lipinski definition) is 2. The Labute approximate surface area is 107 Å². The molecule has 1 heterocycles. The number of benzene rings is 1. The van der Waals surface area contributed by atoms with E-state index in [-0.39, 0.29) is 0 Å². The van der Waals surface area contributed by atoms with E-state index in [1.165, 1.54) is 0 Å². The average molecular weight is 295 g/mol. The van der Waals surface area contributed by atoms with Gasteiger partial charge in [0.1, 0.15) is 0 Å². The third-order valence-corrected chi connectivity index (χ3v) is 3.09. The average Bonchev–Trinajstić information content (AvgIpc) is 2.78. The summed E-state index contributed by atoms with van der Waals surface area (Å²) in [6.07, 6.45) is 3.32. The predicted molar refractivity (Wildman–Crippen MR) is 67.3 cm³/mol. The summed E-state index contributed by atoms with van der Waals surface area (Å²) in [4.78, 5) is 10.8. The maximum absolute atomic E-state index is 10.8. The van der Waals surface area contributed by atoms with Crippen molar-refractivity contribution in [2.75, 3.05) is 0 Å². The maximum Gasteiger partial charge on any atom is 0.310 e. The molecule has 0 amide bonds. The number of hydrogen-bond donors (Lipinski definition) is 1. The lowest BCUT2D eigenvalue weighted by Gasteiger charge is -2.02. The van der Waals surface area contributed by atoms with Crippen molar-refractivity contribution < 1.29 is 9.90 Å². The fourth-order valence-electron chi connectivity index (χ4n) is 1.44. The van der Waals surface area contributed by atoms with Gasteiger partial charge < -0.3 is 5.11 Å². The van der Waals surface area contributed by atoms with E-state index in [1.54, 1.807) is 24.0 Å². The Morgan fingerprint density at radius 1 is 1.41 bits per heavy atom. The van der Waals surface area contributed by atoms with Crippen LogP contribution in [0, 0.1) is 0 Å². The quantitative estimate of drug-likeness (QED) is 0.947. The maximum atomic E-state index is 10.8. The van der Waals surface area contributed by atoms with Crippen LogP contribution >= 0.6 is 15.9 Å². The van der Waals surface area contributed by atoms with Crippen molar-refractivity contribution in [3.63, 3.8) is 0 Å². The van der Waals surface area contributed by atoms with Crippen LogP contribution in [0.15, 0.2) is 41.1 Å². The number of aliphatic carboxylic acids is 1. The Hall–Kier alpha value is -1.62. The largest absolute Gasteiger partial charge is 0.481 e. The molecule has 1 atom stereocenters. The molecule has 1 aromatic carbocycles. The highest BCUT2D eigenvalue weighted by atomic mass is 79.9. The van der Waals surface area contributed by atoms with Gasteiger partial charge in [-0.1, -0.05) is 15.9 Å². The lowest BCUT2D eigenvalue weighted by molar-refractivity contribution is -0.138. The molecule has 2 aromatic rings. The van der Waals surface area contributed by atoms with Gasteiger partial charge in [0.25, 0.3) is 0 Å². The summed E-state index contributed by atoms with van der Waals surface area (Å²) in [5, 5.41) is 13.1. The highest BCUT2D eigenvalue weighted by Crippen LogP contribution is 2.18. The molecule has 0 saturated heterocycles. The number of nitrogens with zero attached hydrogens (tertiary/aromatic N) is 2. The summed E-state index contributed by atoms with van der Waals surface area (Å²) < 4.78 is 2.66. The summed E-state index contributed by atoms with van der Waals surface area (Å²) >= 11 is 3.36. The first kappa shape index (κ1) is 11.9. The van der Waals surface area contributed by atoms with Crippen LogP contribution in [-0.2, 0) is 4.79 Å². The Bertz CT molecular complexity index is 534. The van der Waals surface area contributed by atoms with Crippen molar-refractivity contribution in [1.29, 1.82) is 0 Å². The van der Waals surface area contributed by atoms with Crippen molar-refractivity contribution >= 4 is 21.9 Å². The third-order valence-electron chi connectivity index (χ3n) is 2.56. The summed E-state index contributed by atoms with van der Waals surface area (Å²) in [5.41, 5.74) is 1.59. The second-order valence-electron chi connectivity index (χ2n) is 3.75. The van der Waals surface area contributed by atoms with Crippen LogP contribution in [0.2, 0.25) is 0 Å².